The summed E-state index contributed by atoms with van der Waals surface area (Å²) in [5.41, 5.74) is 0.835. The van der Waals surface area contributed by atoms with E-state index in [9.17, 15) is 13.5 Å². The molecule has 0 aliphatic heterocycles. The maximum absolute atomic E-state index is 12.0. The molecule has 0 saturated carbocycles. The van der Waals surface area contributed by atoms with Gasteiger partial charge in [-0.2, -0.15) is 0 Å². The standard InChI is InChI=1S/C14H24N2O3S/c1-10(2)16-20(18,19)14-7-5-13(6-8-14)15-11(3)9-12(4)17/h5-8,10-12,15-17H,9H2,1-4H3. The van der Waals surface area contributed by atoms with Crippen molar-refractivity contribution in [1.29, 1.82) is 0 Å². The van der Waals surface area contributed by atoms with Gasteiger partial charge < -0.3 is 10.4 Å². The van der Waals surface area contributed by atoms with Crippen LogP contribution in [0.1, 0.15) is 34.1 Å². The van der Waals surface area contributed by atoms with Crippen LogP contribution in [0.2, 0.25) is 0 Å². The minimum Gasteiger partial charge on any atom is -0.393 e. The van der Waals surface area contributed by atoms with E-state index in [0.717, 1.165) is 5.69 Å². The Morgan fingerprint density at radius 3 is 2.10 bits per heavy atom. The first-order valence-electron chi connectivity index (χ1n) is 6.77. The quantitative estimate of drug-likeness (QED) is 0.719. The van der Waals surface area contributed by atoms with Crippen molar-refractivity contribution in [3.8, 4) is 0 Å². The third-order valence-corrected chi connectivity index (χ3v) is 4.34. The van der Waals surface area contributed by atoms with Crippen LogP contribution in [0.4, 0.5) is 5.69 Å². The summed E-state index contributed by atoms with van der Waals surface area (Å²) in [7, 11) is -3.44. The zero-order valence-electron chi connectivity index (χ0n) is 12.4. The van der Waals surface area contributed by atoms with E-state index in [-0.39, 0.29) is 23.1 Å². The molecule has 0 amide bonds. The third-order valence-electron chi connectivity index (χ3n) is 2.66. The molecule has 1 aromatic rings. The van der Waals surface area contributed by atoms with Gasteiger partial charge in [0.2, 0.25) is 10.0 Å². The van der Waals surface area contributed by atoms with Crippen molar-refractivity contribution >= 4 is 15.7 Å². The van der Waals surface area contributed by atoms with Crippen LogP contribution in [0.25, 0.3) is 0 Å². The predicted octanol–water partition coefficient (Wildman–Crippen LogP) is 1.94. The Morgan fingerprint density at radius 1 is 1.10 bits per heavy atom. The van der Waals surface area contributed by atoms with Crippen LogP contribution < -0.4 is 10.0 Å². The average molecular weight is 300 g/mol. The number of benzene rings is 1. The summed E-state index contributed by atoms with van der Waals surface area (Å²) in [6, 6.07) is 6.58. The van der Waals surface area contributed by atoms with Crippen LogP contribution >= 0.6 is 0 Å². The Hall–Kier alpha value is -1.11. The lowest BCUT2D eigenvalue weighted by molar-refractivity contribution is 0.179. The van der Waals surface area contributed by atoms with Crippen LogP contribution in [0.5, 0.6) is 0 Å². The van der Waals surface area contributed by atoms with Gasteiger partial charge in [0.25, 0.3) is 0 Å². The number of hydrogen-bond acceptors (Lipinski definition) is 4. The normalized spacial score (nSPS) is 15.1. The van der Waals surface area contributed by atoms with Crippen LogP contribution in [0.3, 0.4) is 0 Å². The highest BCUT2D eigenvalue weighted by Crippen LogP contribution is 2.16. The summed E-state index contributed by atoms with van der Waals surface area (Å²) >= 11 is 0. The second kappa shape index (κ2) is 7.06. The van der Waals surface area contributed by atoms with Gasteiger partial charge in [0.15, 0.2) is 0 Å². The molecule has 0 aliphatic carbocycles. The average Bonchev–Trinajstić information content (AvgIpc) is 2.26. The third kappa shape index (κ3) is 5.48. The summed E-state index contributed by atoms with van der Waals surface area (Å²) in [4.78, 5) is 0.250. The number of aliphatic hydroxyl groups excluding tert-OH is 1. The molecule has 2 atom stereocenters. The number of hydrogen-bond donors (Lipinski definition) is 3. The van der Waals surface area contributed by atoms with Crippen molar-refractivity contribution in [2.24, 2.45) is 0 Å². The lowest BCUT2D eigenvalue weighted by Gasteiger charge is -2.17. The molecular weight excluding hydrogens is 276 g/mol. The van der Waals surface area contributed by atoms with Gasteiger partial charge in [0.05, 0.1) is 11.0 Å². The molecule has 0 spiro atoms. The molecule has 0 heterocycles. The first kappa shape index (κ1) is 16.9. The molecule has 1 rings (SSSR count). The van der Waals surface area contributed by atoms with Crippen LogP contribution in [0.15, 0.2) is 29.2 Å². The summed E-state index contributed by atoms with van der Waals surface area (Å²) in [6.07, 6.45) is 0.266. The fourth-order valence-corrected chi connectivity index (χ4v) is 3.21. The summed E-state index contributed by atoms with van der Waals surface area (Å²) < 4.78 is 26.5. The van der Waals surface area contributed by atoms with Gasteiger partial charge in [0.1, 0.15) is 0 Å². The fraction of sp³-hybridized carbons (Fsp3) is 0.571. The van der Waals surface area contributed by atoms with E-state index in [4.69, 9.17) is 0 Å². The smallest absolute Gasteiger partial charge is 0.240 e. The van der Waals surface area contributed by atoms with Gasteiger partial charge in [-0.05, 0) is 58.4 Å². The molecule has 3 N–H and O–H groups in total. The van der Waals surface area contributed by atoms with E-state index in [1.165, 1.54) is 0 Å². The van der Waals surface area contributed by atoms with Gasteiger partial charge in [0, 0.05) is 17.8 Å². The monoisotopic (exact) mass is 300 g/mol. The van der Waals surface area contributed by atoms with Crippen LogP contribution in [-0.4, -0.2) is 31.7 Å². The molecule has 0 saturated heterocycles. The van der Waals surface area contributed by atoms with Crippen LogP contribution in [-0.2, 0) is 10.0 Å². The number of anilines is 1. The molecule has 0 fully saturated rings. The molecule has 0 bridgehead atoms. The number of aliphatic hydroxyl groups is 1. The van der Waals surface area contributed by atoms with Crippen molar-refractivity contribution in [3.63, 3.8) is 0 Å². The van der Waals surface area contributed by atoms with Crippen molar-refractivity contribution in [1.82, 2.24) is 4.72 Å². The van der Waals surface area contributed by atoms with E-state index in [0.29, 0.717) is 6.42 Å². The Morgan fingerprint density at radius 2 is 1.65 bits per heavy atom. The molecule has 1 aromatic carbocycles. The molecule has 114 valence electrons. The molecule has 5 nitrogen and oxygen atoms in total. The van der Waals surface area contributed by atoms with Crippen LogP contribution in [0, 0.1) is 0 Å². The lowest BCUT2D eigenvalue weighted by Crippen LogP contribution is -2.30. The van der Waals surface area contributed by atoms with Gasteiger partial charge in [-0.3, -0.25) is 0 Å². The summed E-state index contributed by atoms with van der Waals surface area (Å²) in [5, 5.41) is 12.5. The fourth-order valence-electron chi connectivity index (χ4n) is 1.96. The Bertz CT molecular complexity index is 510. The Labute approximate surface area is 121 Å². The van der Waals surface area contributed by atoms with Crippen molar-refractivity contribution in [2.45, 2.75) is 57.2 Å². The van der Waals surface area contributed by atoms with E-state index in [2.05, 4.69) is 10.0 Å². The highest BCUT2D eigenvalue weighted by molar-refractivity contribution is 7.89. The highest BCUT2D eigenvalue weighted by atomic mass is 32.2. The molecular formula is C14H24N2O3S. The molecule has 0 radical (unpaired) electrons. The van der Waals surface area contributed by atoms with Gasteiger partial charge in [-0.1, -0.05) is 0 Å². The molecule has 20 heavy (non-hydrogen) atoms. The predicted molar refractivity (Wildman–Crippen MR) is 81.3 cm³/mol. The lowest BCUT2D eigenvalue weighted by atomic mass is 10.1. The van der Waals surface area contributed by atoms with Gasteiger partial charge in [-0.25, -0.2) is 13.1 Å². The summed E-state index contributed by atoms with van der Waals surface area (Å²) in [6.45, 7) is 7.28. The first-order valence-corrected chi connectivity index (χ1v) is 8.26. The molecule has 2 unspecified atom stereocenters. The number of rotatable bonds is 7. The Kier molecular flexibility index (Phi) is 5.98. The Balaban J connectivity index is 2.74. The molecule has 6 heteroatoms. The van der Waals surface area contributed by atoms with E-state index in [1.54, 1.807) is 45.0 Å². The largest absolute Gasteiger partial charge is 0.393 e. The minimum absolute atomic E-state index is 0.117. The van der Waals surface area contributed by atoms with Crippen molar-refractivity contribution in [3.05, 3.63) is 24.3 Å². The maximum Gasteiger partial charge on any atom is 0.240 e. The highest BCUT2D eigenvalue weighted by Gasteiger charge is 2.15. The SMILES string of the molecule is CC(O)CC(C)Nc1ccc(S(=O)(=O)NC(C)C)cc1. The second-order valence-corrected chi connectivity index (χ2v) is 7.14. The van der Waals surface area contributed by atoms with E-state index in [1.807, 2.05) is 6.92 Å². The maximum atomic E-state index is 12.0. The first-order chi connectivity index (χ1) is 9.20. The van der Waals surface area contributed by atoms with Crippen molar-refractivity contribution < 1.29 is 13.5 Å². The number of sulfonamides is 1. The van der Waals surface area contributed by atoms with Gasteiger partial charge >= 0.3 is 0 Å². The molecule has 0 aromatic heterocycles. The zero-order chi connectivity index (χ0) is 15.3. The molecule has 0 aliphatic rings. The van der Waals surface area contributed by atoms with E-state index >= 15 is 0 Å². The van der Waals surface area contributed by atoms with Crippen molar-refractivity contribution in [2.75, 3.05) is 5.32 Å². The number of nitrogens with one attached hydrogen (secondary N) is 2. The second-order valence-electron chi connectivity index (χ2n) is 5.43. The minimum atomic E-state index is -3.44. The zero-order valence-corrected chi connectivity index (χ0v) is 13.2. The van der Waals surface area contributed by atoms with Gasteiger partial charge in [-0.15, -0.1) is 0 Å². The van der Waals surface area contributed by atoms with E-state index < -0.39 is 10.0 Å². The topological polar surface area (TPSA) is 78.4 Å². The summed E-state index contributed by atoms with van der Waals surface area (Å²) in [5.74, 6) is 0.